The van der Waals surface area contributed by atoms with E-state index in [1.807, 2.05) is 24.3 Å². The van der Waals surface area contributed by atoms with Crippen molar-refractivity contribution in [1.82, 2.24) is 15.5 Å². The highest BCUT2D eigenvalue weighted by atomic mass is 16.5. The molecule has 3 rings (SSSR count). The fourth-order valence-electron chi connectivity index (χ4n) is 4.34. The summed E-state index contributed by atoms with van der Waals surface area (Å²) in [6.07, 6.45) is 2.96. The number of hydrogen-bond acceptors (Lipinski definition) is 6. The molecule has 1 fully saturated rings. The number of methoxy groups -OCH3 is 1. The number of benzene rings is 1. The minimum Gasteiger partial charge on any atom is -0.469 e. The van der Waals surface area contributed by atoms with Gasteiger partial charge in [0.05, 0.1) is 19.7 Å². The van der Waals surface area contributed by atoms with Gasteiger partial charge in [-0.05, 0) is 43.2 Å². The highest BCUT2D eigenvalue weighted by Gasteiger charge is 2.36. The van der Waals surface area contributed by atoms with E-state index >= 15 is 0 Å². The zero-order valence-electron chi connectivity index (χ0n) is 17.8. The number of carbonyl (C=O) groups is 4. The number of esters is 1. The molecule has 1 aliphatic carbocycles. The Labute approximate surface area is 181 Å². The molecule has 1 aliphatic heterocycles. The Bertz CT molecular complexity index is 843. The Morgan fingerprint density at radius 3 is 2.74 bits per heavy atom. The average Bonchev–Trinajstić information content (AvgIpc) is 3.43. The van der Waals surface area contributed by atoms with Crippen molar-refractivity contribution in [3.63, 3.8) is 0 Å². The number of nitrogens with zero attached hydrogens (tertiary/aromatic N) is 1. The first-order valence-electron chi connectivity index (χ1n) is 10.7. The second-order valence-corrected chi connectivity index (χ2v) is 7.92. The quantitative estimate of drug-likeness (QED) is 0.504. The lowest BCUT2D eigenvalue weighted by Crippen LogP contribution is -2.54. The largest absolute Gasteiger partial charge is 0.469 e. The van der Waals surface area contributed by atoms with Crippen LogP contribution in [-0.4, -0.2) is 60.9 Å². The molecule has 9 nitrogen and oxygen atoms in total. The van der Waals surface area contributed by atoms with Crippen LogP contribution in [0.25, 0.3) is 0 Å². The van der Waals surface area contributed by atoms with Crippen LogP contribution in [-0.2, 0) is 30.3 Å². The summed E-state index contributed by atoms with van der Waals surface area (Å²) in [5.41, 5.74) is 7.72. The van der Waals surface area contributed by atoms with Gasteiger partial charge in [-0.2, -0.15) is 0 Å². The molecule has 1 aromatic rings. The molecule has 3 amide bonds. The van der Waals surface area contributed by atoms with E-state index in [2.05, 4.69) is 15.4 Å². The van der Waals surface area contributed by atoms with Crippen molar-refractivity contribution in [2.24, 2.45) is 5.73 Å². The molecule has 0 aromatic heterocycles. The maximum atomic E-state index is 13.1. The number of rotatable bonds is 8. The van der Waals surface area contributed by atoms with Crippen LogP contribution < -0.4 is 16.4 Å². The summed E-state index contributed by atoms with van der Waals surface area (Å²) in [7, 11) is 1.28. The molecular formula is C22H30N4O5. The molecule has 0 bridgehead atoms. The van der Waals surface area contributed by atoms with E-state index in [1.54, 1.807) is 0 Å². The Balaban J connectivity index is 1.68. The van der Waals surface area contributed by atoms with Crippen LogP contribution in [0.5, 0.6) is 0 Å². The third kappa shape index (κ3) is 5.41. The van der Waals surface area contributed by atoms with Crippen LogP contribution >= 0.6 is 0 Å². The van der Waals surface area contributed by atoms with E-state index in [4.69, 9.17) is 5.73 Å². The maximum Gasteiger partial charge on any atom is 0.305 e. The molecule has 0 radical (unpaired) electrons. The molecular weight excluding hydrogens is 400 g/mol. The SMILES string of the molecule is COC(=O)CC[C@H](NC(=O)[C@@H]1CCCN1C(=O)CN)C(=O)N[C@@H]1CCc2ccccc21. The zero-order chi connectivity index (χ0) is 22.4. The average molecular weight is 431 g/mol. The standard InChI is InChI=1S/C22H30N4O5/c1-31-20(28)11-10-17(25-22(30)18-7-4-12-26(18)19(27)13-23)21(29)24-16-9-8-14-5-2-3-6-15(14)16/h2-3,5-6,16-18H,4,7-13,23H2,1H3,(H,24,29)(H,25,30)/t16-,17+,18+/m1/s1. The lowest BCUT2D eigenvalue weighted by Gasteiger charge is -2.26. The highest BCUT2D eigenvalue weighted by Crippen LogP contribution is 2.30. The van der Waals surface area contributed by atoms with Crippen LogP contribution in [0.1, 0.15) is 49.3 Å². The number of fused-ring (bicyclic) bond motifs is 1. The topological polar surface area (TPSA) is 131 Å². The van der Waals surface area contributed by atoms with Crippen molar-refractivity contribution in [3.05, 3.63) is 35.4 Å². The van der Waals surface area contributed by atoms with Gasteiger partial charge in [-0.3, -0.25) is 19.2 Å². The maximum absolute atomic E-state index is 13.1. The predicted molar refractivity (Wildman–Crippen MR) is 113 cm³/mol. The lowest BCUT2D eigenvalue weighted by molar-refractivity contribution is -0.141. The number of carbonyl (C=O) groups excluding carboxylic acids is 4. The van der Waals surface area contributed by atoms with Crippen molar-refractivity contribution < 1.29 is 23.9 Å². The van der Waals surface area contributed by atoms with Crippen LogP contribution in [0.3, 0.4) is 0 Å². The smallest absolute Gasteiger partial charge is 0.305 e. The molecule has 1 aromatic carbocycles. The number of hydrogen-bond donors (Lipinski definition) is 3. The van der Waals surface area contributed by atoms with Gasteiger partial charge in [0.1, 0.15) is 12.1 Å². The summed E-state index contributed by atoms with van der Waals surface area (Å²) < 4.78 is 4.68. The number of ether oxygens (including phenoxy) is 1. The molecule has 9 heteroatoms. The van der Waals surface area contributed by atoms with Crippen molar-refractivity contribution in [2.75, 3.05) is 20.2 Å². The lowest BCUT2D eigenvalue weighted by atomic mass is 10.1. The number of likely N-dealkylation sites (tertiary alicyclic amines) is 1. The molecule has 2 aliphatic rings. The summed E-state index contributed by atoms with van der Waals surface area (Å²) in [6, 6.07) is 6.24. The third-order valence-electron chi connectivity index (χ3n) is 6.00. The van der Waals surface area contributed by atoms with E-state index in [0.717, 1.165) is 18.4 Å². The Morgan fingerprint density at radius 1 is 1.23 bits per heavy atom. The third-order valence-corrected chi connectivity index (χ3v) is 6.00. The van der Waals surface area contributed by atoms with Gasteiger partial charge >= 0.3 is 5.97 Å². The zero-order valence-corrected chi connectivity index (χ0v) is 17.8. The van der Waals surface area contributed by atoms with Gasteiger partial charge in [0, 0.05) is 13.0 Å². The number of amides is 3. The summed E-state index contributed by atoms with van der Waals surface area (Å²) in [5.74, 6) is -1.51. The van der Waals surface area contributed by atoms with Gasteiger partial charge < -0.3 is 26.0 Å². The molecule has 0 saturated carbocycles. The second-order valence-electron chi connectivity index (χ2n) is 7.92. The molecule has 4 N–H and O–H groups in total. The Kier molecular flexibility index (Phi) is 7.62. The van der Waals surface area contributed by atoms with Crippen molar-refractivity contribution >= 4 is 23.7 Å². The Morgan fingerprint density at radius 2 is 2.00 bits per heavy atom. The van der Waals surface area contributed by atoms with Gasteiger partial charge in [0.25, 0.3) is 0 Å². The van der Waals surface area contributed by atoms with Crippen LogP contribution in [0, 0.1) is 0 Å². The van der Waals surface area contributed by atoms with Gasteiger partial charge in [-0.25, -0.2) is 0 Å². The molecule has 31 heavy (non-hydrogen) atoms. The summed E-state index contributed by atoms with van der Waals surface area (Å²) >= 11 is 0. The fourth-order valence-corrected chi connectivity index (χ4v) is 4.34. The van der Waals surface area contributed by atoms with Gasteiger partial charge in [-0.15, -0.1) is 0 Å². The molecule has 1 saturated heterocycles. The van der Waals surface area contributed by atoms with Crippen molar-refractivity contribution in [3.8, 4) is 0 Å². The Hall–Kier alpha value is -2.94. The summed E-state index contributed by atoms with van der Waals surface area (Å²) in [5, 5.41) is 5.76. The monoisotopic (exact) mass is 430 g/mol. The van der Waals surface area contributed by atoms with E-state index in [0.29, 0.717) is 19.4 Å². The number of nitrogens with two attached hydrogens (primary N) is 1. The van der Waals surface area contributed by atoms with Gasteiger partial charge in [0.2, 0.25) is 17.7 Å². The van der Waals surface area contributed by atoms with E-state index in [-0.39, 0.29) is 37.2 Å². The first-order valence-corrected chi connectivity index (χ1v) is 10.7. The van der Waals surface area contributed by atoms with Crippen LogP contribution in [0.15, 0.2) is 24.3 Å². The van der Waals surface area contributed by atoms with E-state index < -0.39 is 24.0 Å². The fraction of sp³-hybridized carbons (Fsp3) is 0.545. The van der Waals surface area contributed by atoms with Crippen molar-refractivity contribution in [2.45, 2.75) is 56.7 Å². The second kappa shape index (κ2) is 10.4. The number of aryl methyl sites for hydroxylation is 1. The molecule has 1 heterocycles. The van der Waals surface area contributed by atoms with E-state index in [9.17, 15) is 19.2 Å². The summed E-state index contributed by atoms with van der Waals surface area (Å²) in [6.45, 7) is 0.295. The first-order chi connectivity index (χ1) is 14.9. The first kappa shape index (κ1) is 22.7. The summed E-state index contributed by atoms with van der Waals surface area (Å²) in [4.78, 5) is 51.1. The predicted octanol–water partition coefficient (Wildman–Crippen LogP) is 0.178. The van der Waals surface area contributed by atoms with Crippen LogP contribution in [0.2, 0.25) is 0 Å². The molecule has 168 valence electrons. The molecule has 3 atom stereocenters. The molecule has 0 unspecified atom stereocenters. The van der Waals surface area contributed by atoms with Gasteiger partial charge in [0.15, 0.2) is 0 Å². The van der Waals surface area contributed by atoms with Crippen molar-refractivity contribution in [1.29, 1.82) is 0 Å². The molecule has 0 spiro atoms. The minimum atomic E-state index is -0.908. The van der Waals surface area contributed by atoms with Crippen LogP contribution in [0.4, 0.5) is 0 Å². The normalized spacial score (nSPS) is 20.6. The highest BCUT2D eigenvalue weighted by molar-refractivity contribution is 5.93. The number of nitrogens with one attached hydrogen (secondary N) is 2. The van der Waals surface area contributed by atoms with E-state index in [1.165, 1.54) is 17.6 Å². The minimum absolute atomic E-state index is 0.00771. The van der Waals surface area contributed by atoms with Gasteiger partial charge in [-0.1, -0.05) is 24.3 Å².